The second kappa shape index (κ2) is 5.01. The van der Waals surface area contributed by atoms with Crippen LogP contribution in [-0.4, -0.2) is 34.3 Å². The summed E-state index contributed by atoms with van der Waals surface area (Å²) < 4.78 is 0. The van der Waals surface area contributed by atoms with Gasteiger partial charge in [0.05, 0.1) is 17.6 Å². The molecule has 1 rings (SSSR count). The zero-order chi connectivity index (χ0) is 10.6. The number of carbonyl (C=O) groups excluding carboxylic acids is 2. The lowest BCUT2D eigenvalue weighted by Gasteiger charge is -2.28. The molecular formula is C9H12N2O2S. The van der Waals surface area contributed by atoms with E-state index < -0.39 is 6.04 Å². The summed E-state index contributed by atoms with van der Waals surface area (Å²) in [5.41, 5.74) is 0. The van der Waals surface area contributed by atoms with Crippen LogP contribution < -0.4 is 0 Å². The average Bonchev–Trinajstić information content (AvgIpc) is 2.16. The summed E-state index contributed by atoms with van der Waals surface area (Å²) in [7, 11) is 0. The van der Waals surface area contributed by atoms with Gasteiger partial charge in [-0.25, -0.2) is 0 Å². The van der Waals surface area contributed by atoms with Crippen LogP contribution in [0.5, 0.6) is 0 Å². The van der Waals surface area contributed by atoms with Crippen LogP contribution in [0.25, 0.3) is 0 Å². The molecule has 0 bridgehead atoms. The molecule has 4 nitrogen and oxygen atoms in total. The highest BCUT2D eigenvalue weighted by Gasteiger charge is 2.32. The number of hydrogen-bond acceptors (Lipinski definition) is 4. The number of amides is 2. The minimum absolute atomic E-state index is 0.230. The monoisotopic (exact) mass is 212 g/mol. The van der Waals surface area contributed by atoms with Crippen molar-refractivity contribution < 1.29 is 9.59 Å². The Labute approximate surface area is 87.3 Å². The van der Waals surface area contributed by atoms with Gasteiger partial charge in [-0.1, -0.05) is 13.3 Å². The summed E-state index contributed by atoms with van der Waals surface area (Å²) in [6.07, 6.45) is 1.36. The molecule has 0 saturated carbocycles. The molecular weight excluding hydrogens is 200 g/mol. The first-order valence-electron chi connectivity index (χ1n) is 4.53. The number of nitriles is 1. The lowest BCUT2D eigenvalue weighted by molar-refractivity contribution is -0.143. The van der Waals surface area contributed by atoms with Gasteiger partial charge in [0.1, 0.15) is 6.04 Å². The third-order valence-corrected chi connectivity index (χ3v) is 2.91. The Morgan fingerprint density at radius 3 is 2.50 bits per heavy atom. The van der Waals surface area contributed by atoms with Crippen LogP contribution in [0.1, 0.15) is 19.8 Å². The maximum atomic E-state index is 11.4. The molecule has 0 aromatic heterocycles. The van der Waals surface area contributed by atoms with Crippen LogP contribution >= 0.6 is 11.8 Å². The van der Waals surface area contributed by atoms with Crippen molar-refractivity contribution in [3.05, 3.63) is 0 Å². The fourth-order valence-corrected chi connectivity index (χ4v) is 2.11. The molecule has 14 heavy (non-hydrogen) atoms. The minimum Gasteiger partial charge on any atom is -0.273 e. The van der Waals surface area contributed by atoms with Crippen LogP contribution in [0.15, 0.2) is 0 Å². The fourth-order valence-electron chi connectivity index (χ4n) is 1.38. The van der Waals surface area contributed by atoms with Gasteiger partial charge in [-0.15, -0.1) is 11.8 Å². The van der Waals surface area contributed by atoms with Crippen LogP contribution in [0.3, 0.4) is 0 Å². The van der Waals surface area contributed by atoms with Crippen molar-refractivity contribution in [2.75, 3.05) is 11.5 Å². The smallest absolute Gasteiger partial charge is 0.240 e. The zero-order valence-electron chi connectivity index (χ0n) is 8.02. The molecule has 1 atom stereocenters. The number of hydrogen-bond donors (Lipinski definition) is 0. The molecule has 1 heterocycles. The first-order chi connectivity index (χ1) is 6.70. The molecule has 1 fully saturated rings. The summed E-state index contributed by atoms with van der Waals surface area (Å²) in [6, 6.07) is 1.44. The quantitative estimate of drug-likeness (QED) is 0.649. The molecule has 0 spiro atoms. The molecule has 0 radical (unpaired) electrons. The summed E-state index contributed by atoms with van der Waals surface area (Å²) in [4.78, 5) is 24.0. The molecule has 0 aromatic rings. The number of nitrogens with zero attached hydrogens (tertiary/aromatic N) is 2. The van der Waals surface area contributed by atoms with Crippen LogP contribution in [0.2, 0.25) is 0 Å². The predicted molar refractivity (Wildman–Crippen MR) is 53.5 cm³/mol. The molecule has 1 aliphatic rings. The van der Waals surface area contributed by atoms with Crippen molar-refractivity contribution in [1.82, 2.24) is 4.90 Å². The highest BCUT2D eigenvalue weighted by molar-refractivity contribution is 8.00. The standard InChI is InChI=1S/C9H12N2O2S/c1-2-3-7(4-10)11-8(12)5-14-6-9(11)13/h7H,2-3,5-6H2,1H3. The summed E-state index contributed by atoms with van der Waals surface area (Å²) >= 11 is 1.31. The summed E-state index contributed by atoms with van der Waals surface area (Å²) in [5.74, 6) is 0.166. The third kappa shape index (κ3) is 2.26. The van der Waals surface area contributed by atoms with Gasteiger partial charge in [0.25, 0.3) is 0 Å². The first-order valence-corrected chi connectivity index (χ1v) is 5.68. The van der Waals surface area contributed by atoms with Crippen LogP contribution in [0, 0.1) is 11.3 Å². The van der Waals surface area contributed by atoms with E-state index in [0.717, 1.165) is 11.3 Å². The van der Waals surface area contributed by atoms with Crippen molar-refractivity contribution >= 4 is 23.6 Å². The number of rotatable bonds is 3. The highest BCUT2D eigenvalue weighted by Crippen LogP contribution is 2.17. The lowest BCUT2D eigenvalue weighted by atomic mass is 10.1. The Morgan fingerprint density at radius 1 is 1.50 bits per heavy atom. The predicted octanol–water partition coefficient (Wildman–Crippen LogP) is 0.781. The maximum absolute atomic E-state index is 11.4. The molecule has 2 amide bonds. The van der Waals surface area contributed by atoms with Crippen molar-refractivity contribution in [3.8, 4) is 6.07 Å². The largest absolute Gasteiger partial charge is 0.273 e. The van der Waals surface area contributed by atoms with Crippen LogP contribution in [-0.2, 0) is 9.59 Å². The van der Waals surface area contributed by atoms with Crippen molar-refractivity contribution in [1.29, 1.82) is 5.26 Å². The van der Waals surface area contributed by atoms with E-state index >= 15 is 0 Å². The van der Waals surface area contributed by atoms with E-state index in [1.807, 2.05) is 13.0 Å². The van der Waals surface area contributed by atoms with Gasteiger partial charge >= 0.3 is 0 Å². The van der Waals surface area contributed by atoms with E-state index in [1.54, 1.807) is 0 Å². The Bertz CT molecular complexity index is 269. The SMILES string of the molecule is CCCC(C#N)N1C(=O)CSCC1=O. The van der Waals surface area contributed by atoms with Gasteiger partial charge in [0.15, 0.2) is 0 Å². The number of carbonyl (C=O) groups is 2. The Balaban J connectivity index is 2.75. The Kier molecular flexibility index (Phi) is 3.96. The summed E-state index contributed by atoms with van der Waals surface area (Å²) in [5, 5.41) is 8.84. The molecule has 1 saturated heterocycles. The number of imide groups is 1. The second-order valence-electron chi connectivity index (χ2n) is 3.08. The highest BCUT2D eigenvalue weighted by atomic mass is 32.2. The normalized spacial score (nSPS) is 19.3. The fraction of sp³-hybridized carbons (Fsp3) is 0.667. The maximum Gasteiger partial charge on any atom is 0.240 e. The Hall–Kier alpha value is -1.02. The van der Waals surface area contributed by atoms with E-state index in [2.05, 4.69) is 0 Å². The van der Waals surface area contributed by atoms with Crippen molar-refractivity contribution in [3.63, 3.8) is 0 Å². The van der Waals surface area contributed by atoms with E-state index in [-0.39, 0.29) is 11.8 Å². The molecule has 1 unspecified atom stereocenters. The van der Waals surface area contributed by atoms with E-state index in [9.17, 15) is 9.59 Å². The van der Waals surface area contributed by atoms with E-state index in [4.69, 9.17) is 5.26 Å². The Morgan fingerprint density at radius 2 is 2.07 bits per heavy atom. The van der Waals surface area contributed by atoms with Crippen molar-refractivity contribution in [2.24, 2.45) is 0 Å². The first kappa shape index (κ1) is 11.1. The molecule has 0 aromatic carbocycles. The average molecular weight is 212 g/mol. The van der Waals surface area contributed by atoms with Crippen LogP contribution in [0.4, 0.5) is 0 Å². The minimum atomic E-state index is -0.569. The molecule has 1 aliphatic heterocycles. The third-order valence-electron chi connectivity index (χ3n) is 2.01. The van der Waals surface area contributed by atoms with Crippen molar-refractivity contribution in [2.45, 2.75) is 25.8 Å². The van der Waals surface area contributed by atoms with Gasteiger partial charge in [0, 0.05) is 0 Å². The molecule has 0 N–H and O–H groups in total. The van der Waals surface area contributed by atoms with Gasteiger partial charge in [-0.05, 0) is 6.42 Å². The van der Waals surface area contributed by atoms with Gasteiger partial charge in [-0.3, -0.25) is 14.5 Å². The summed E-state index contributed by atoms with van der Waals surface area (Å²) in [6.45, 7) is 1.93. The van der Waals surface area contributed by atoms with Gasteiger partial charge in [-0.2, -0.15) is 5.26 Å². The molecule has 5 heteroatoms. The van der Waals surface area contributed by atoms with Gasteiger partial charge < -0.3 is 0 Å². The second-order valence-corrected chi connectivity index (χ2v) is 4.07. The zero-order valence-corrected chi connectivity index (χ0v) is 8.84. The van der Waals surface area contributed by atoms with E-state index in [1.165, 1.54) is 11.8 Å². The lowest BCUT2D eigenvalue weighted by Crippen LogP contribution is -2.48. The van der Waals surface area contributed by atoms with Gasteiger partial charge in [0.2, 0.25) is 11.8 Å². The molecule has 0 aliphatic carbocycles. The van der Waals surface area contributed by atoms with E-state index in [0.29, 0.717) is 17.9 Å². The topological polar surface area (TPSA) is 61.2 Å². The number of thioether (sulfide) groups is 1. The molecule has 76 valence electrons.